The molecule has 2 aromatic carbocycles. The molecule has 0 aliphatic heterocycles. The zero-order valence-corrected chi connectivity index (χ0v) is 13.1. The van der Waals surface area contributed by atoms with Crippen LogP contribution in [0.25, 0.3) is 0 Å². The SMILES string of the molecule is Cc1ccc(C)c(S(=O)(=O)Nc2cc(Cl)ccc2C#N)c1. The Kier molecular flexibility index (Phi) is 4.21. The molecule has 0 atom stereocenters. The van der Waals surface area contributed by atoms with Crippen LogP contribution < -0.4 is 4.72 Å². The summed E-state index contributed by atoms with van der Waals surface area (Å²) in [7, 11) is -3.78. The molecular weight excluding hydrogens is 308 g/mol. The van der Waals surface area contributed by atoms with Gasteiger partial charge in [0.25, 0.3) is 10.0 Å². The van der Waals surface area contributed by atoms with E-state index >= 15 is 0 Å². The molecule has 0 fully saturated rings. The van der Waals surface area contributed by atoms with Gasteiger partial charge in [0, 0.05) is 5.02 Å². The van der Waals surface area contributed by atoms with E-state index in [0.717, 1.165) is 5.56 Å². The van der Waals surface area contributed by atoms with Gasteiger partial charge < -0.3 is 0 Å². The molecule has 0 amide bonds. The Morgan fingerprint density at radius 1 is 1.14 bits per heavy atom. The Labute approximate surface area is 129 Å². The van der Waals surface area contributed by atoms with Crippen LogP contribution >= 0.6 is 11.6 Å². The second kappa shape index (κ2) is 5.76. The predicted octanol–water partition coefficient (Wildman–Crippen LogP) is 3.63. The quantitative estimate of drug-likeness (QED) is 0.938. The Bertz CT molecular complexity index is 839. The summed E-state index contributed by atoms with van der Waals surface area (Å²) >= 11 is 5.86. The molecule has 21 heavy (non-hydrogen) atoms. The number of rotatable bonds is 3. The number of nitrogens with one attached hydrogen (secondary N) is 1. The molecule has 0 aromatic heterocycles. The fourth-order valence-electron chi connectivity index (χ4n) is 1.89. The van der Waals surface area contributed by atoms with Crippen molar-refractivity contribution in [2.24, 2.45) is 0 Å². The van der Waals surface area contributed by atoms with Crippen LogP contribution in [0, 0.1) is 25.2 Å². The Hall–Kier alpha value is -2.03. The highest BCUT2D eigenvalue weighted by molar-refractivity contribution is 7.92. The van der Waals surface area contributed by atoms with Crippen molar-refractivity contribution in [2.75, 3.05) is 4.72 Å². The Balaban J connectivity index is 2.50. The van der Waals surface area contributed by atoms with Crippen molar-refractivity contribution in [3.8, 4) is 6.07 Å². The van der Waals surface area contributed by atoms with Gasteiger partial charge in [0.1, 0.15) is 6.07 Å². The molecule has 0 unspecified atom stereocenters. The normalized spacial score (nSPS) is 11.0. The van der Waals surface area contributed by atoms with E-state index in [1.54, 1.807) is 19.1 Å². The summed E-state index contributed by atoms with van der Waals surface area (Å²) in [6.07, 6.45) is 0. The van der Waals surface area contributed by atoms with Gasteiger partial charge in [-0.3, -0.25) is 4.72 Å². The number of hydrogen-bond donors (Lipinski definition) is 1. The summed E-state index contributed by atoms with van der Waals surface area (Å²) in [6.45, 7) is 3.54. The fourth-order valence-corrected chi connectivity index (χ4v) is 3.47. The number of nitriles is 1. The standard InChI is InChI=1S/C15H13ClN2O2S/c1-10-3-4-11(2)15(7-10)21(19,20)18-14-8-13(16)6-5-12(14)9-17/h3-8,18H,1-2H3. The van der Waals surface area contributed by atoms with Crippen molar-refractivity contribution in [3.63, 3.8) is 0 Å². The maximum absolute atomic E-state index is 12.5. The summed E-state index contributed by atoms with van der Waals surface area (Å²) in [5.74, 6) is 0. The van der Waals surface area contributed by atoms with Gasteiger partial charge >= 0.3 is 0 Å². The van der Waals surface area contributed by atoms with E-state index in [2.05, 4.69) is 4.72 Å². The summed E-state index contributed by atoms with van der Waals surface area (Å²) in [6, 6.07) is 11.5. The molecular formula is C15H13ClN2O2S. The number of benzene rings is 2. The van der Waals surface area contributed by atoms with Crippen LogP contribution in [0.1, 0.15) is 16.7 Å². The van der Waals surface area contributed by atoms with Gasteiger partial charge in [0.2, 0.25) is 0 Å². The second-order valence-corrected chi connectivity index (χ2v) is 6.76. The highest BCUT2D eigenvalue weighted by Crippen LogP contribution is 2.25. The maximum atomic E-state index is 12.5. The highest BCUT2D eigenvalue weighted by Gasteiger charge is 2.18. The first kappa shape index (κ1) is 15.4. The van der Waals surface area contributed by atoms with Gasteiger partial charge in [-0.15, -0.1) is 0 Å². The van der Waals surface area contributed by atoms with Crippen LogP contribution in [0.4, 0.5) is 5.69 Å². The Morgan fingerprint density at radius 2 is 1.86 bits per heavy atom. The molecule has 6 heteroatoms. The third kappa shape index (κ3) is 3.35. The number of sulfonamides is 1. The molecule has 4 nitrogen and oxygen atoms in total. The first-order chi connectivity index (χ1) is 9.83. The third-order valence-electron chi connectivity index (χ3n) is 2.98. The average Bonchev–Trinajstić information content (AvgIpc) is 2.41. The number of anilines is 1. The minimum Gasteiger partial charge on any atom is -0.278 e. The van der Waals surface area contributed by atoms with Crippen LogP contribution in [0.3, 0.4) is 0 Å². The fraction of sp³-hybridized carbons (Fsp3) is 0.133. The maximum Gasteiger partial charge on any atom is 0.262 e. The van der Waals surface area contributed by atoms with Crippen molar-refractivity contribution >= 4 is 27.3 Å². The molecule has 0 heterocycles. The molecule has 2 aromatic rings. The summed E-state index contributed by atoms with van der Waals surface area (Å²) in [4.78, 5) is 0.186. The lowest BCUT2D eigenvalue weighted by Crippen LogP contribution is -2.15. The molecule has 0 spiro atoms. The van der Waals surface area contributed by atoms with Crippen LogP contribution in [0.2, 0.25) is 5.02 Å². The van der Waals surface area contributed by atoms with E-state index in [1.807, 2.05) is 19.1 Å². The molecule has 0 saturated carbocycles. The summed E-state index contributed by atoms with van der Waals surface area (Å²) in [5, 5.41) is 9.40. The molecule has 0 aliphatic carbocycles. The third-order valence-corrected chi connectivity index (χ3v) is 4.72. The smallest absolute Gasteiger partial charge is 0.262 e. The monoisotopic (exact) mass is 320 g/mol. The van der Waals surface area contributed by atoms with Gasteiger partial charge in [0.05, 0.1) is 16.1 Å². The molecule has 0 bridgehead atoms. The minimum atomic E-state index is -3.78. The molecule has 1 N–H and O–H groups in total. The van der Waals surface area contributed by atoms with E-state index in [-0.39, 0.29) is 16.1 Å². The van der Waals surface area contributed by atoms with Crippen molar-refractivity contribution in [3.05, 3.63) is 58.1 Å². The zero-order chi connectivity index (χ0) is 15.6. The minimum absolute atomic E-state index is 0.172. The van der Waals surface area contributed by atoms with E-state index in [1.165, 1.54) is 18.2 Å². The van der Waals surface area contributed by atoms with Crippen LogP contribution in [0.15, 0.2) is 41.3 Å². The molecule has 0 radical (unpaired) electrons. The largest absolute Gasteiger partial charge is 0.278 e. The van der Waals surface area contributed by atoms with E-state index in [0.29, 0.717) is 10.6 Å². The highest BCUT2D eigenvalue weighted by atomic mass is 35.5. The Morgan fingerprint density at radius 3 is 2.52 bits per heavy atom. The molecule has 108 valence electrons. The number of hydrogen-bond acceptors (Lipinski definition) is 3. The number of nitrogens with zero attached hydrogens (tertiary/aromatic N) is 1. The lowest BCUT2D eigenvalue weighted by Gasteiger charge is -2.12. The van der Waals surface area contributed by atoms with Crippen molar-refractivity contribution < 1.29 is 8.42 Å². The first-order valence-electron chi connectivity index (χ1n) is 6.13. The average molecular weight is 321 g/mol. The van der Waals surface area contributed by atoms with Gasteiger partial charge in [-0.1, -0.05) is 23.7 Å². The molecule has 2 rings (SSSR count). The first-order valence-corrected chi connectivity index (χ1v) is 7.99. The van der Waals surface area contributed by atoms with E-state index in [9.17, 15) is 8.42 Å². The molecule has 0 saturated heterocycles. The zero-order valence-electron chi connectivity index (χ0n) is 11.5. The van der Waals surface area contributed by atoms with E-state index in [4.69, 9.17) is 16.9 Å². The summed E-state index contributed by atoms with van der Waals surface area (Å²) < 4.78 is 27.4. The van der Waals surface area contributed by atoms with Crippen LogP contribution in [-0.4, -0.2) is 8.42 Å². The van der Waals surface area contributed by atoms with Crippen molar-refractivity contribution in [1.29, 1.82) is 5.26 Å². The number of aryl methyl sites for hydroxylation is 2. The number of halogens is 1. The van der Waals surface area contributed by atoms with Crippen LogP contribution in [0.5, 0.6) is 0 Å². The summed E-state index contributed by atoms with van der Waals surface area (Å²) in [5.41, 5.74) is 1.86. The van der Waals surface area contributed by atoms with Gasteiger partial charge in [-0.05, 0) is 49.2 Å². The van der Waals surface area contributed by atoms with Gasteiger partial charge in [-0.25, -0.2) is 8.42 Å². The lowest BCUT2D eigenvalue weighted by atomic mass is 10.2. The van der Waals surface area contributed by atoms with Crippen molar-refractivity contribution in [2.45, 2.75) is 18.7 Å². The van der Waals surface area contributed by atoms with Gasteiger partial charge in [-0.2, -0.15) is 5.26 Å². The molecule has 0 aliphatic rings. The second-order valence-electron chi connectivity index (χ2n) is 4.68. The van der Waals surface area contributed by atoms with Gasteiger partial charge in [0.15, 0.2) is 0 Å². The van der Waals surface area contributed by atoms with Crippen LogP contribution in [-0.2, 0) is 10.0 Å². The van der Waals surface area contributed by atoms with E-state index < -0.39 is 10.0 Å². The predicted molar refractivity (Wildman–Crippen MR) is 82.9 cm³/mol. The lowest BCUT2D eigenvalue weighted by molar-refractivity contribution is 0.600. The van der Waals surface area contributed by atoms with Crippen molar-refractivity contribution in [1.82, 2.24) is 0 Å². The topological polar surface area (TPSA) is 70.0 Å².